The Hall–Kier alpha value is -3.03. The van der Waals surface area contributed by atoms with Crippen LogP contribution in [0.15, 0.2) is 46.5 Å². The van der Waals surface area contributed by atoms with Gasteiger partial charge < -0.3 is 5.73 Å². The lowest BCUT2D eigenvalue weighted by Gasteiger charge is -2.13. The number of benzene rings is 2. The van der Waals surface area contributed by atoms with Gasteiger partial charge in [-0.25, -0.2) is 19.1 Å². The van der Waals surface area contributed by atoms with Gasteiger partial charge >= 0.3 is 18.1 Å². The molecular weight excluding hydrogens is 555 g/mol. The van der Waals surface area contributed by atoms with Crippen LogP contribution in [-0.2, 0) is 16.8 Å². The van der Waals surface area contributed by atoms with Gasteiger partial charge in [0.05, 0.1) is 21.0 Å². The van der Waals surface area contributed by atoms with Gasteiger partial charge in [0.25, 0.3) is 6.29 Å². The summed E-state index contributed by atoms with van der Waals surface area (Å²) >= 11 is 12.8. The standard InChI is InChI=1S/C21H12Cl2F6N5OS/c1-2-35-12-5-3-4-6-13(12)36-19-31-16(21(27,28)29)14-17(30)34(33-18(14)32-19)15-10(22)7-9(8-11(15)23)20(24,25)26/h2-8H,30H2,1H3/q+1. The van der Waals surface area contributed by atoms with Crippen LogP contribution in [0.1, 0.15) is 18.2 Å². The van der Waals surface area contributed by atoms with Gasteiger partial charge in [-0.05, 0) is 30.0 Å². The molecule has 0 bridgehead atoms. The average molecular weight is 567 g/mol. The van der Waals surface area contributed by atoms with Crippen molar-refractivity contribution in [1.29, 1.82) is 0 Å². The molecule has 0 aliphatic carbocycles. The number of para-hydroxylation sites is 1. The summed E-state index contributed by atoms with van der Waals surface area (Å²) in [4.78, 5) is 8.14. The summed E-state index contributed by atoms with van der Waals surface area (Å²) in [5.74, 6) is -0.252. The summed E-state index contributed by atoms with van der Waals surface area (Å²) in [7, 11) is 0. The van der Waals surface area contributed by atoms with Gasteiger partial charge in [-0.3, -0.25) is 0 Å². The quantitative estimate of drug-likeness (QED) is 0.121. The molecule has 0 atom stereocenters. The lowest BCUT2D eigenvalue weighted by atomic mass is 10.2. The van der Waals surface area contributed by atoms with E-state index in [0.29, 0.717) is 27.5 Å². The average Bonchev–Trinajstić information content (AvgIpc) is 3.09. The van der Waals surface area contributed by atoms with E-state index in [-0.39, 0.29) is 10.8 Å². The van der Waals surface area contributed by atoms with Crippen molar-refractivity contribution in [1.82, 2.24) is 19.7 Å². The molecular formula is C21H12Cl2F6N5OS+. The number of nitrogens with zero attached hydrogens (tertiary/aromatic N) is 4. The molecule has 0 radical (unpaired) electrons. The van der Waals surface area contributed by atoms with Crippen LogP contribution in [0.4, 0.5) is 32.2 Å². The van der Waals surface area contributed by atoms with E-state index < -0.39 is 50.5 Å². The Bertz CT molecular complexity index is 1480. The molecule has 2 heterocycles. The van der Waals surface area contributed by atoms with E-state index in [2.05, 4.69) is 15.1 Å². The maximum absolute atomic E-state index is 14.0. The minimum atomic E-state index is -4.97. The van der Waals surface area contributed by atoms with Crippen LogP contribution in [0.2, 0.25) is 10.0 Å². The first kappa shape index (κ1) is 26.0. The highest BCUT2D eigenvalue weighted by Crippen LogP contribution is 2.42. The van der Waals surface area contributed by atoms with Gasteiger partial charge in [0, 0.05) is 13.0 Å². The summed E-state index contributed by atoms with van der Waals surface area (Å²) in [6.07, 6.45) is -8.34. The van der Waals surface area contributed by atoms with E-state index in [1.54, 1.807) is 31.2 Å². The van der Waals surface area contributed by atoms with E-state index in [0.717, 1.165) is 11.8 Å². The lowest BCUT2D eigenvalue weighted by Crippen LogP contribution is -2.11. The molecule has 0 saturated carbocycles. The number of alkyl halides is 6. The van der Waals surface area contributed by atoms with Crippen LogP contribution >= 0.6 is 35.0 Å². The van der Waals surface area contributed by atoms with Crippen LogP contribution < -0.4 is 5.73 Å². The molecule has 0 aliphatic rings. The number of aldehydes is 1. The first-order valence-corrected chi connectivity index (χ1v) is 11.3. The van der Waals surface area contributed by atoms with Crippen molar-refractivity contribution in [3.8, 4) is 11.4 Å². The van der Waals surface area contributed by atoms with E-state index >= 15 is 0 Å². The highest BCUT2D eigenvalue weighted by molar-refractivity contribution is 7.99. The number of fused-ring (bicyclic) bond motifs is 1. The molecule has 0 amide bonds. The van der Waals surface area contributed by atoms with Crippen molar-refractivity contribution in [2.24, 2.45) is 0 Å². The predicted octanol–water partition coefficient (Wildman–Crippen LogP) is 7.36. The Kier molecular flexibility index (Phi) is 6.84. The van der Waals surface area contributed by atoms with Crippen molar-refractivity contribution >= 4 is 58.1 Å². The molecule has 6 nitrogen and oxygen atoms in total. The smallest absolute Gasteiger partial charge is 0.383 e. The maximum atomic E-state index is 14.0. The van der Waals surface area contributed by atoms with Crippen LogP contribution in [-0.4, -0.2) is 26.0 Å². The number of aromatic nitrogens is 4. The van der Waals surface area contributed by atoms with E-state index in [1.165, 1.54) is 6.29 Å². The van der Waals surface area contributed by atoms with E-state index in [4.69, 9.17) is 33.4 Å². The van der Waals surface area contributed by atoms with Gasteiger partial charge in [0.15, 0.2) is 16.5 Å². The van der Waals surface area contributed by atoms with Gasteiger partial charge in [-0.15, -0.1) is 5.10 Å². The third kappa shape index (κ3) is 4.95. The molecule has 0 aliphatic heterocycles. The zero-order chi connectivity index (χ0) is 26.4. The summed E-state index contributed by atoms with van der Waals surface area (Å²) in [5.41, 5.74) is 2.59. The molecule has 2 aromatic heterocycles. The summed E-state index contributed by atoms with van der Waals surface area (Å²) in [6, 6.07) is 7.65. The topological polar surface area (TPSA) is 80.9 Å². The monoisotopic (exact) mass is 566 g/mol. The molecule has 0 spiro atoms. The molecule has 0 unspecified atom stereocenters. The zero-order valence-corrected chi connectivity index (χ0v) is 20.1. The fraction of sp³-hybridized carbons (Fsp3) is 0.143. The van der Waals surface area contributed by atoms with Crippen LogP contribution in [0.25, 0.3) is 16.7 Å². The molecule has 188 valence electrons. The highest BCUT2D eigenvalue weighted by atomic mass is 35.5. The molecule has 2 aromatic carbocycles. The SMILES string of the molecule is CC=[O+]c1ccccc1Sc1nc(C(F)(F)F)c2c(N)n(-c3c(Cl)cc(C(F)(F)F)cc3Cl)nc2n1. The fourth-order valence-corrected chi connectivity index (χ4v) is 4.68. The largest absolute Gasteiger partial charge is 0.434 e. The van der Waals surface area contributed by atoms with Crippen molar-refractivity contribution in [3.05, 3.63) is 57.7 Å². The second-order valence-corrected chi connectivity index (χ2v) is 8.86. The normalized spacial score (nSPS) is 12.7. The number of carbonyl (C=O) groups excluding carboxylic acids is 1. The Morgan fingerprint density at radius 3 is 2.22 bits per heavy atom. The maximum Gasteiger partial charge on any atom is 0.434 e. The number of nitrogens with two attached hydrogens (primary N) is 1. The van der Waals surface area contributed by atoms with Crippen molar-refractivity contribution < 1.29 is 30.8 Å². The number of rotatable bonds is 4. The molecule has 36 heavy (non-hydrogen) atoms. The number of halogens is 8. The molecule has 15 heteroatoms. The molecule has 2 N–H and O–H groups in total. The number of hydrogen-bond donors (Lipinski definition) is 1. The van der Waals surface area contributed by atoms with E-state index in [9.17, 15) is 26.3 Å². The van der Waals surface area contributed by atoms with Crippen molar-refractivity contribution in [3.63, 3.8) is 0 Å². The first-order chi connectivity index (χ1) is 16.8. The molecule has 4 aromatic rings. The van der Waals surface area contributed by atoms with Crippen molar-refractivity contribution in [2.75, 3.05) is 5.73 Å². The van der Waals surface area contributed by atoms with Crippen LogP contribution in [0, 0.1) is 0 Å². The highest BCUT2D eigenvalue weighted by Gasteiger charge is 2.39. The Morgan fingerprint density at radius 2 is 1.64 bits per heavy atom. The zero-order valence-electron chi connectivity index (χ0n) is 17.7. The molecule has 0 saturated heterocycles. The Balaban J connectivity index is 1.92. The summed E-state index contributed by atoms with van der Waals surface area (Å²) in [5, 5.41) is 1.92. The minimum absolute atomic E-state index is 0.323. The van der Waals surface area contributed by atoms with Gasteiger partial charge in [0.2, 0.25) is 0 Å². The van der Waals surface area contributed by atoms with Crippen LogP contribution in [0.3, 0.4) is 0 Å². The minimum Gasteiger partial charge on any atom is -0.383 e. The van der Waals surface area contributed by atoms with Gasteiger partial charge in [-0.1, -0.05) is 35.3 Å². The third-order valence-corrected chi connectivity index (χ3v) is 6.17. The molecule has 4 rings (SSSR count). The third-order valence-electron chi connectivity index (χ3n) is 4.67. The summed E-state index contributed by atoms with van der Waals surface area (Å²) < 4.78 is 87.3. The number of nitrogen functional groups attached to an aromatic ring is 1. The molecule has 0 fully saturated rings. The lowest BCUT2D eigenvalue weighted by molar-refractivity contribution is -0.364. The number of hydrogen-bond acceptors (Lipinski definition) is 5. The second-order valence-electron chi connectivity index (χ2n) is 7.04. The number of anilines is 1. The Labute approximate surface area is 212 Å². The van der Waals surface area contributed by atoms with Gasteiger partial charge in [0.1, 0.15) is 16.4 Å². The van der Waals surface area contributed by atoms with Gasteiger partial charge in [-0.2, -0.15) is 26.3 Å². The predicted molar refractivity (Wildman–Crippen MR) is 123 cm³/mol. The fourth-order valence-electron chi connectivity index (χ4n) is 3.20. The summed E-state index contributed by atoms with van der Waals surface area (Å²) in [6.45, 7) is 1.62. The van der Waals surface area contributed by atoms with Crippen LogP contribution in [0.5, 0.6) is 5.75 Å². The first-order valence-electron chi connectivity index (χ1n) is 9.72. The van der Waals surface area contributed by atoms with Crippen molar-refractivity contribution in [2.45, 2.75) is 29.3 Å². The van der Waals surface area contributed by atoms with E-state index in [1.807, 2.05) is 0 Å². The second kappa shape index (κ2) is 9.45. The Morgan fingerprint density at radius 1 is 1.00 bits per heavy atom.